The average Bonchev–Trinajstić information content (AvgIpc) is 2.65. The molecule has 0 unspecified atom stereocenters. The predicted octanol–water partition coefficient (Wildman–Crippen LogP) is 2.66. The van der Waals surface area contributed by atoms with Crippen molar-refractivity contribution in [2.24, 2.45) is 0 Å². The van der Waals surface area contributed by atoms with E-state index in [1.54, 1.807) is 30.3 Å². The zero-order valence-corrected chi connectivity index (χ0v) is 14.7. The standard InChI is InChI=1S/C20H24F2N2O2/c21-17-5-7-18(8-6-17)24-11-9-23(10-12-24)13-19(25)15-26-14-16-3-1-2-4-20(16)22/h1-8,19,25H,9-15H2/t19-/m1/s1. The molecule has 2 aromatic carbocycles. The summed E-state index contributed by atoms with van der Waals surface area (Å²) in [6.07, 6.45) is -0.612. The summed E-state index contributed by atoms with van der Waals surface area (Å²) in [5, 5.41) is 10.1. The van der Waals surface area contributed by atoms with E-state index >= 15 is 0 Å². The maximum absolute atomic E-state index is 13.5. The molecule has 0 radical (unpaired) electrons. The van der Waals surface area contributed by atoms with E-state index in [4.69, 9.17) is 4.74 Å². The topological polar surface area (TPSA) is 35.9 Å². The lowest BCUT2D eigenvalue weighted by molar-refractivity contribution is 0.00839. The molecule has 1 heterocycles. The van der Waals surface area contributed by atoms with E-state index in [9.17, 15) is 13.9 Å². The number of hydrogen-bond donors (Lipinski definition) is 1. The molecule has 1 fully saturated rings. The van der Waals surface area contributed by atoms with E-state index in [1.165, 1.54) is 18.2 Å². The van der Waals surface area contributed by atoms with Gasteiger partial charge in [0.05, 0.1) is 19.3 Å². The predicted molar refractivity (Wildman–Crippen MR) is 97.1 cm³/mol. The number of halogens is 2. The highest BCUT2D eigenvalue weighted by Gasteiger charge is 2.19. The minimum Gasteiger partial charge on any atom is -0.389 e. The Morgan fingerprint density at radius 3 is 2.35 bits per heavy atom. The number of nitrogens with zero attached hydrogens (tertiary/aromatic N) is 2. The minimum absolute atomic E-state index is 0.155. The summed E-state index contributed by atoms with van der Waals surface area (Å²) in [7, 11) is 0. The second kappa shape index (κ2) is 9.07. The summed E-state index contributed by atoms with van der Waals surface area (Å²) in [4.78, 5) is 4.38. The third-order valence-electron chi connectivity index (χ3n) is 4.56. The molecule has 1 N–H and O–H groups in total. The molecule has 0 saturated carbocycles. The van der Waals surface area contributed by atoms with Crippen LogP contribution in [0.2, 0.25) is 0 Å². The zero-order chi connectivity index (χ0) is 18.4. The largest absolute Gasteiger partial charge is 0.389 e. The van der Waals surface area contributed by atoms with Gasteiger partial charge in [-0.05, 0) is 30.3 Å². The Hall–Kier alpha value is -2.02. The molecule has 140 valence electrons. The highest BCUT2D eigenvalue weighted by molar-refractivity contribution is 5.46. The lowest BCUT2D eigenvalue weighted by atomic mass is 10.2. The Labute approximate surface area is 152 Å². The van der Waals surface area contributed by atoms with E-state index in [0.717, 1.165) is 31.9 Å². The fourth-order valence-electron chi connectivity index (χ4n) is 3.11. The molecule has 4 nitrogen and oxygen atoms in total. The Morgan fingerprint density at radius 1 is 0.962 bits per heavy atom. The Bertz CT molecular complexity index is 688. The molecule has 2 aromatic rings. The van der Waals surface area contributed by atoms with Crippen LogP contribution in [0.5, 0.6) is 0 Å². The molecule has 1 atom stereocenters. The van der Waals surface area contributed by atoms with Gasteiger partial charge < -0.3 is 14.7 Å². The SMILES string of the molecule is O[C@@H](COCc1ccccc1F)CN1CCN(c2ccc(F)cc2)CC1. The van der Waals surface area contributed by atoms with Gasteiger partial charge in [-0.25, -0.2) is 8.78 Å². The smallest absolute Gasteiger partial charge is 0.128 e. The summed E-state index contributed by atoms with van der Waals surface area (Å²) in [6, 6.07) is 13.0. The van der Waals surface area contributed by atoms with Crippen molar-refractivity contribution in [3.8, 4) is 0 Å². The van der Waals surface area contributed by atoms with Gasteiger partial charge in [-0.1, -0.05) is 18.2 Å². The van der Waals surface area contributed by atoms with Gasteiger partial charge in [-0.2, -0.15) is 0 Å². The normalized spacial score (nSPS) is 16.7. The van der Waals surface area contributed by atoms with Crippen LogP contribution < -0.4 is 4.90 Å². The van der Waals surface area contributed by atoms with Crippen LogP contribution >= 0.6 is 0 Å². The first-order valence-electron chi connectivity index (χ1n) is 8.84. The van der Waals surface area contributed by atoms with Crippen molar-refractivity contribution in [2.75, 3.05) is 44.2 Å². The second-order valence-corrected chi connectivity index (χ2v) is 6.52. The Balaban J connectivity index is 1.37. The van der Waals surface area contributed by atoms with Crippen molar-refractivity contribution in [2.45, 2.75) is 12.7 Å². The van der Waals surface area contributed by atoms with Gasteiger partial charge in [0.25, 0.3) is 0 Å². The van der Waals surface area contributed by atoms with Crippen LogP contribution in [0, 0.1) is 11.6 Å². The fourth-order valence-corrected chi connectivity index (χ4v) is 3.11. The van der Waals surface area contributed by atoms with Crippen LogP contribution in [-0.4, -0.2) is 55.4 Å². The van der Waals surface area contributed by atoms with Crippen molar-refractivity contribution in [3.05, 3.63) is 65.7 Å². The number of β-amino-alcohol motifs (C(OH)–C–C–N with tert-alkyl or cyclic N) is 1. The van der Waals surface area contributed by atoms with Crippen LogP contribution in [0.1, 0.15) is 5.56 Å². The van der Waals surface area contributed by atoms with Gasteiger partial charge in [-0.15, -0.1) is 0 Å². The molecule has 1 aliphatic heterocycles. The highest BCUT2D eigenvalue weighted by atomic mass is 19.1. The first kappa shape index (κ1) is 18.8. The number of anilines is 1. The van der Waals surface area contributed by atoms with Crippen molar-refractivity contribution in [3.63, 3.8) is 0 Å². The van der Waals surface area contributed by atoms with Gasteiger partial charge in [0.15, 0.2) is 0 Å². The maximum atomic E-state index is 13.5. The third-order valence-corrected chi connectivity index (χ3v) is 4.56. The van der Waals surface area contributed by atoms with Crippen molar-refractivity contribution in [1.82, 2.24) is 4.90 Å². The molecule has 0 aliphatic carbocycles. The van der Waals surface area contributed by atoms with Gasteiger partial charge in [0, 0.05) is 44.0 Å². The van der Waals surface area contributed by atoms with Gasteiger partial charge >= 0.3 is 0 Å². The molecular weight excluding hydrogens is 338 g/mol. The minimum atomic E-state index is -0.612. The first-order chi connectivity index (χ1) is 12.6. The summed E-state index contributed by atoms with van der Waals surface area (Å²) in [6.45, 7) is 4.15. The highest BCUT2D eigenvalue weighted by Crippen LogP contribution is 2.17. The number of piperazine rings is 1. The van der Waals surface area contributed by atoms with Crippen LogP contribution in [0.25, 0.3) is 0 Å². The zero-order valence-electron chi connectivity index (χ0n) is 14.7. The molecule has 0 bridgehead atoms. The molecule has 26 heavy (non-hydrogen) atoms. The third kappa shape index (κ3) is 5.24. The monoisotopic (exact) mass is 362 g/mol. The average molecular weight is 362 g/mol. The lowest BCUT2D eigenvalue weighted by Gasteiger charge is -2.36. The summed E-state index contributed by atoms with van der Waals surface area (Å²) in [5.41, 5.74) is 1.51. The van der Waals surface area contributed by atoms with Crippen molar-refractivity contribution in [1.29, 1.82) is 0 Å². The van der Waals surface area contributed by atoms with E-state index in [2.05, 4.69) is 9.80 Å². The lowest BCUT2D eigenvalue weighted by Crippen LogP contribution is -2.49. The van der Waals surface area contributed by atoms with E-state index in [1.807, 2.05) is 0 Å². The van der Waals surface area contributed by atoms with E-state index < -0.39 is 6.10 Å². The summed E-state index contributed by atoms with van der Waals surface area (Å²) < 4.78 is 32.0. The molecule has 6 heteroatoms. The van der Waals surface area contributed by atoms with Gasteiger partial charge in [0.1, 0.15) is 11.6 Å². The maximum Gasteiger partial charge on any atom is 0.128 e. The molecule has 0 amide bonds. The molecule has 1 saturated heterocycles. The number of hydrogen-bond acceptors (Lipinski definition) is 4. The van der Waals surface area contributed by atoms with E-state index in [0.29, 0.717) is 12.1 Å². The molecule has 1 aliphatic rings. The fraction of sp³-hybridized carbons (Fsp3) is 0.400. The molecule has 0 aromatic heterocycles. The van der Waals surface area contributed by atoms with Crippen LogP contribution in [0.15, 0.2) is 48.5 Å². The van der Waals surface area contributed by atoms with Crippen LogP contribution in [-0.2, 0) is 11.3 Å². The Kier molecular flexibility index (Phi) is 6.55. The Morgan fingerprint density at radius 2 is 1.65 bits per heavy atom. The number of aliphatic hydroxyl groups excluding tert-OH is 1. The van der Waals surface area contributed by atoms with Crippen molar-refractivity contribution >= 4 is 5.69 Å². The molecular formula is C20H24F2N2O2. The summed E-state index contributed by atoms with van der Waals surface area (Å²) in [5.74, 6) is -0.523. The van der Waals surface area contributed by atoms with Gasteiger partial charge in [-0.3, -0.25) is 4.90 Å². The number of aliphatic hydroxyl groups is 1. The van der Waals surface area contributed by atoms with Gasteiger partial charge in [0.2, 0.25) is 0 Å². The molecule has 0 spiro atoms. The van der Waals surface area contributed by atoms with E-state index in [-0.39, 0.29) is 24.8 Å². The van der Waals surface area contributed by atoms with Crippen molar-refractivity contribution < 1.29 is 18.6 Å². The van der Waals surface area contributed by atoms with Crippen LogP contribution in [0.4, 0.5) is 14.5 Å². The quantitative estimate of drug-likeness (QED) is 0.822. The first-order valence-corrected chi connectivity index (χ1v) is 8.84. The number of ether oxygens (including phenoxy) is 1. The number of rotatable bonds is 7. The summed E-state index contributed by atoms with van der Waals surface area (Å²) >= 11 is 0. The number of benzene rings is 2. The van der Waals surface area contributed by atoms with Crippen LogP contribution in [0.3, 0.4) is 0 Å². The second-order valence-electron chi connectivity index (χ2n) is 6.52. The molecule has 3 rings (SSSR count).